The van der Waals surface area contributed by atoms with E-state index in [1.807, 2.05) is 4.90 Å². The van der Waals surface area contributed by atoms with E-state index in [-0.39, 0.29) is 24.8 Å². The first-order chi connectivity index (χ1) is 14.3. The van der Waals surface area contributed by atoms with Gasteiger partial charge in [-0.25, -0.2) is 4.79 Å². The van der Waals surface area contributed by atoms with Crippen molar-refractivity contribution in [1.29, 1.82) is 0 Å². The van der Waals surface area contributed by atoms with Gasteiger partial charge in [0.1, 0.15) is 0 Å². The highest BCUT2D eigenvalue weighted by atomic mass is 16.6. The van der Waals surface area contributed by atoms with Crippen LogP contribution in [-0.2, 0) is 9.53 Å². The second-order valence-electron chi connectivity index (χ2n) is 9.44. The second-order valence-corrected chi connectivity index (χ2v) is 9.44. The molecule has 2 atom stereocenters. The molecule has 0 aromatic rings. The monoisotopic (exact) mass is 424 g/mol. The minimum Gasteiger partial charge on any atom is -0.481 e. The second kappa shape index (κ2) is 10.8. The number of hydrogen-bond donors (Lipinski definition) is 1. The first-order valence-corrected chi connectivity index (χ1v) is 11.7. The molecule has 1 amide bonds. The summed E-state index contributed by atoms with van der Waals surface area (Å²) in [4.78, 5) is 32.3. The number of likely N-dealkylation sites (tertiary alicyclic amines) is 1. The molecule has 3 fully saturated rings. The number of nitrogens with zero attached hydrogens (tertiary/aromatic N) is 4. The molecule has 3 aliphatic rings. The summed E-state index contributed by atoms with van der Waals surface area (Å²) in [5, 5.41) is 8.79. The van der Waals surface area contributed by atoms with E-state index in [4.69, 9.17) is 9.84 Å². The fourth-order valence-electron chi connectivity index (χ4n) is 5.04. The maximum Gasteiger partial charge on any atom is 0.411 e. The van der Waals surface area contributed by atoms with Gasteiger partial charge in [-0.1, -0.05) is 0 Å². The summed E-state index contributed by atoms with van der Waals surface area (Å²) in [5.41, 5.74) is 0. The van der Waals surface area contributed by atoms with Crippen LogP contribution >= 0.6 is 0 Å². The van der Waals surface area contributed by atoms with Crippen molar-refractivity contribution < 1.29 is 19.4 Å². The lowest BCUT2D eigenvalue weighted by molar-refractivity contribution is -0.137. The number of carbonyl (C=O) groups is 2. The van der Waals surface area contributed by atoms with Crippen LogP contribution < -0.4 is 0 Å². The van der Waals surface area contributed by atoms with Gasteiger partial charge in [-0.05, 0) is 72.0 Å². The van der Waals surface area contributed by atoms with Crippen LogP contribution in [0.1, 0.15) is 52.9 Å². The third-order valence-corrected chi connectivity index (χ3v) is 7.15. The Kier molecular flexibility index (Phi) is 8.36. The summed E-state index contributed by atoms with van der Waals surface area (Å²) in [6.07, 6.45) is 4.09. The zero-order valence-electron chi connectivity index (χ0n) is 19.0. The Labute approximate surface area is 181 Å². The largest absolute Gasteiger partial charge is 0.481 e. The van der Waals surface area contributed by atoms with E-state index in [1.165, 1.54) is 25.9 Å². The zero-order chi connectivity index (χ0) is 21.7. The van der Waals surface area contributed by atoms with E-state index in [0.717, 1.165) is 45.7 Å². The summed E-state index contributed by atoms with van der Waals surface area (Å²) < 4.78 is 5.77. The number of rotatable bonds is 9. The predicted octanol–water partition coefficient (Wildman–Crippen LogP) is 2.15. The van der Waals surface area contributed by atoms with E-state index in [0.29, 0.717) is 18.4 Å². The highest BCUT2D eigenvalue weighted by molar-refractivity contribution is 5.70. The number of carboxylic acids is 1. The third kappa shape index (κ3) is 6.08. The van der Waals surface area contributed by atoms with E-state index < -0.39 is 5.97 Å². The Morgan fingerprint density at radius 1 is 1.10 bits per heavy atom. The fourth-order valence-corrected chi connectivity index (χ4v) is 5.04. The first-order valence-electron chi connectivity index (χ1n) is 11.7. The minimum absolute atomic E-state index is 0.0758. The Balaban J connectivity index is 1.39. The number of amides is 1. The Hall–Kier alpha value is -1.38. The molecule has 0 aliphatic carbocycles. The Morgan fingerprint density at radius 2 is 1.77 bits per heavy atom. The highest BCUT2D eigenvalue weighted by Crippen LogP contribution is 2.27. The first kappa shape index (κ1) is 23.3. The number of aliphatic carboxylic acids is 1. The Morgan fingerprint density at radius 3 is 2.37 bits per heavy atom. The quantitative estimate of drug-likeness (QED) is 0.608. The molecule has 2 unspecified atom stereocenters. The smallest absolute Gasteiger partial charge is 0.411 e. The van der Waals surface area contributed by atoms with Crippen molar-refractivity contribution >= 4 is 12.1 Å². The fraction of sp³-hybridized carbons (Fsp3) is 0.909. The number of carboxylic acid groups (broad SMARTS) is 1. The van der Waals surface area contributed by atoms with Gasteiger partial charge >= 0.3 is 12.1 Å². The van der Waals surface area contributed by atoms with Crippen molar-refractivity contribution in [2.45, 2.75) is 71.2 Å². The third-order valence-electron chi connectivity index (χ3n) is 7.15. The van der Waals surface area contributed by atoms with Crippen LogP contribution in [0.25, 0.3) is 0 Å². The van der Waals surface area contributed by atoms with E-state index >= 15 is 0 Å². The highest BCUT2D eigenvalue weighted by Gasteiger charge is 2.42. The summed E-state index contributed by atoms with van der Waals surface area (Å²) in [6, 6.07) is 0.699. The molecule has 3 aliphatic heterocycles. The van der Waals surface area contributed by atoms with Crippen molar-refractivity contribution in [1.82, 2.24) is 19.6 Å². The van der Waals surface area contributed by atoms with Gasteiger partial charge in [0, 0.05) is 45.2 Å². The number of carbonyl (C=O) groups excluding carboxylic acids is 1. The molecule has 0 aromatic carbocycles. The minimum atomic E-state index is -0.731. The molecule has 1 N–H and O–H groups in total. The predicted molar refractivity (Wildman–Crippen MR) is 115 cm³/mol. The molecule has 0 saturated carbocycles. The average molecular weight is 425 g/mol. The maximum absolute atomic E-state index is 12.5. The summed E-state index contributed by atoms with van der Waals surface area (Å²) in [6.45, 7) is 14.1. The summed E-state index contributed by atoms with van der Waals surface area (Å²) >= 11 is 0. The van der Waals surface area contributed by atoms with Crippen LogP contribution in [0.4, 0.5) is 4.79 Å². The lowest BCUT2D eigenvalue weighted by Crippen LogP contribution is -2.53. The van der Waals surface area contributed by atoms with Crippen molar-refractivity contribution in [3.63, 3.8) is 0 Å². The molecule has 3 saturated heterocycles. The van der Waals surface area contributed by atoms with Crippen LogP contribution in [0, 0.1) is 5.92 Å². The normalized spacial score (nSPS) is 27.7. The SMILES string of the molecule is CC(C)N1CCC(CCN2C(=O)OC(N3CCN(CCCC(=O)O)CC3)C2C)CC1. The molecule has 30 heavy (non-hydrogen) atoms. The van der Waals surface area contributed by atoms with Gasteiger partial charge in [0.25, 0.3) is 0 Å². The molecule has 0 radical (unpaired) electrons. The van der Waals surface area contributed by atoms with Crippen molar-refractivity contribution in [2.24, 2.45) is 5.92 Å². The maximum atomic E-state index is 12.5. The van der Waals surface area contributed by atoms with Gasteiger partial charge in [-0.3, -0.25) is 9.69 Å². The molecular formula is C22H40N4O4. The van der Waals surface area contributed by atoms with Crippen LogP contribution in [0.2, 0.25) is 0 Å². The van der Waals surface area contributed by atoms with E-state index in [9.17, 15) is 9.59 Å². The molecule has 3 heterocycles. The molecular weight excluding hydrogens is 384 g/mol. The van der Waals surface area contributed by atoms with E-state index in [1.54, 1.807) is 0 Å². The summed E-state index contributed by atoms with van der Waals surface area (Å²) in [7, 11) is 0. The molecule has 8 heteroatoms. The molecule has 0 aromatic heterocycles. The standard InChI is InChI=1S/C22H40N4O4/c1-17(2)24-10-6-19(7-11-24)8-12-26-18(3)21(30-22(26)29)25-15-13-23(14-16-25)9-4-5-20(27)28/h17-19,21H,4-16H2,1-3H3,(H,27,28). The Bertz CT molecular complexity index is 571. The van der Waals surface area contributed by atoms with Gasteiger partial charge in [0.05, 0.1) is 6.04 Å². The zero-order valence-corrected chi connectivity index (χ0v) is 19.0. The van der Waals surface area contributed by atoms with Crippen LogP contribution in [-0.4, -0.2) is 107 Å². The van der Waals surface area contributed by atoms with Crippen LogP contribution in [0.5, 0.6) is 0 Å². The topological polar surface area (TPSA) is 76.6 Å². The average Bonchev–Trinajstić information content (AvgIpc) is 3.00. The number of cyclic esters (lactones) is 1. The molecule has 8 nitrogen and oxygen atoms in total. The lowest BCUT2D eigenvalue weighted by atomic mass is 9.92. The van der Waals surface area contributed by atoms with Gasteiger partial charge < -0.3 is 24.5 Å². The number of hydrogen-bond acceptors (Lipinski definition) is 6. The van der Waals surface area contributed by atoms with Crippen LogP contribution in [0.3, 0.4) is 0 Å². The summed E-state index contributed by atoms with van der Waals surface area (Å²) in [5.74, 6) is -0.0284. The van der Waals surface area contributed by atoms with E-state index in [2.05, 4.69) is 35.5 Å². The van der Waals surface area contributed by atoms with Gasteiger partial charge in [0.15, 0.2) is 6.23 Å². The van der Waals surface area contributed by atoms with Crippen molar-refractivity contribution in [3.8, 4) is 0 Å². The number of piperidine rings is 1. The lowest BCUT2D eigenvalue weighted by Gasteiger charge is -2.38. The molecule has 0 bridgehead atoms. The van der Waals surface area contributed by atoms with Gasteiger partial charge in [-0.15, -0.1) is 0 Å². The van der Waals surface area contributed by atoms with Gasteiger partial charge in [0.2, 0.25) is 0 Å². The molecule has 0 spiro atoms. The van der Waals surface area contributed by atoms with Crippen molar-refractivity contribution in [2.75, 3.05) is 52.4 Å². The van der Waals surface area contributed by atoms with Gasteiger partial charge in [-0.2, -0.15) is 0 Å². The van der Waals surface area contributed by atoms with Crippen LogP contribution in [0.15, 0.2) is 0 Å². The number of piperazine rings is 1. The number of ether oxygens (including phenoxy) is 1. The molecule has 172 valence electrons. The molecule has 3 rings (SSSR count). The van der Waals surface area contributed by atoms with Crippen molar-refractivity contribution in [3.05, 3.63) is 0 Å².